The number of hydrogen-bond acceptors (Lipinski definition) is 2. The molecule has 90 valence electrons. The highest BCUT2D eigenvalue weighted by molar-refractivity contribution is 6.28. The molecule has 1 aromatic carbocycles. The molecule has 2 nitrogen and oxygen atoms in total. The van der Waals surface area contributed by atoms with Gasteiger partial charge >= 0.3 is 0 Å². The maximum absolute atomic E-state index is 12.4. The van der Waals surface area contributed by atoms with Gasteiger partial charge in [-0.05, 0) is 18.8 Å². The van der Waals surface area contributed by atoms with Crippen molar-refractivity contribution in [3.8, 4) is 0 Å². The van der Waals surface area contributed by atoms with Gasteiger partial charge in [-0.2, -0.15) is 0 Å². The van der Waals surface area contributed by atoms with Gasteiger partial charge in [-0.1, -0.05) is 43.3 Å². The molecule has 0 saturated heterocycles. The lowest BCUT2D eigenvalue weighted by molar-refractivity contribution is 0.0972. The van der Waals surface area contributed by atoms with E-state index in [4.69, 9.17) is 0 Å². The molecule has 0 aromatic heterocycles. The minimum atomic E-state index is -0.00833. The number of allylic oxidation sites excluding steroid dienone is 4. The van der Waals surface area contributed by atoms with Crippen molar-refractivity contribution in [2.24, 2.45) is 5.92 Å². The van der Waals surface area contributed by atoms with Crippen LogP contribution in [-0.2, 0) is 0 Å². The number of ketones is 2. The zero-order valence-corrected chi connectivity index (χ0v) is 10.3. The molecule has 1 atom stereocenters. The van der Waals surface area contributed by atoms with Crippen LogP contribution in [0.4, 0.5) is 0 Å². The monoisotopic (exact) mass is 238 g/mol. The number of fused-ring (bicyclic) bond motifs is 1. The Morgan fingerprint density at radius 3 is 2.44 bits per heavy atom. The Labute approximate surface area is 106 Å². The lowest BCUT2D eigenvalue weighted by Crippen LogP contribution is -2.24. The van der Waals surface area contributed by atoms with Crippen molar-refractivity contribution in [2.45, 2.75) is 19.8 Å². The molecule has 18 heavy (non-hydrogen) atoms. The quantitative estimate of drug-likeness (QED) is 0.751. The van der Waals surface area contributed by atoms with Crippen LogP contribution in [0.15, 0.2) is 47.6 Å². The molecule has 2 heteroatoms. The topological polar surface area (TPSA) is 34.1 Å². The van der Waals surface area contributed by atoms with Gasteiger partial charge in [0.25, 0.3) is 0 Å². The van der Waals surface area contributed by atoms with Crippen molar-refractivity contribution in [3.63, 3.8) is 0 Å². The second kappa shape index (κ2) is 4.05. The second-order valence-corrected chi connectivity index (χ2v) is 4.83. The Morgan fingerprint density at radius 2 is 1.78 bits per heavy atom. The number of Topliss-reactive ketones (excluding diaryl/α,β-unsaturated/α-hetero) is 2. The van der Waals surface area contributed by atoms with Crippen molar-refractivity contribution in [1.82, 2.24) is 0 Å². The fraction of sp³-hybridized carbons (Fsp3) is 0.250. The predicted molar refractivity (Wildman–Crippen MR) is 69.7 cm³/mol. The van der Waals surface area contributed by atoms with Crippen LogP contribution in [0, 0.1) is 5.92 Å². The summed E-state index contributed by atoms with van der Waals surface area (Å²) in [5.41, 5.74) is 2.41. The zero-order chi connectivity index (χ0) is 12.7. The van der Waals surface area contributed by atoms with E-state index in [-0.39, 0.29) is 11.6 Å². The van der Waals surface area contributed by atoms with Crippen LogP contribution >= 0.6 is 0 Å². The minimum Gasteiger partial charge on any atom is -0.289 e. The Morgan fingerprint density at radius 1 is 1.11 bits per heavy atom. The number of carbonyl (C=O) groups is 2. The minimum absolute atomic E-state index is 0.00833. The van der Waals surface area contributed by atoms with E-state index >= 15 is 0 Å². The molecular weight excluding hydrogens is 224 g/mol. The van der Waals surface area contributed by atoms with Gasteiger partial charge in [0.05, 0.1) is 0 Å². The zero-order valence-electron chi connectivity index (χ0n) is 10.3. The van der Waals surface area contributed by atoms with Crippen LogP contribution in [0.5, 0.6) is 0 Å². The summed E-state index contributed by atoms with van der Waals surface area (Å²) in [6, 6.07) is 7.10. The lowest BCUT2D eigenvalue weighted by atomic mass is 9.77. The van der Waals surface area contributed by atoms with Crippen LogP contribution in [-0.4, -0.2) is 11.6 Å². The first-order chi connectivity index (χ1) is 8.72. The van der Waals surface area contributed by atoms with E-state index < -0.39 is 0 Å². The molecular formula is C16H14O2. The largest absolute Gasteiger partial charge is 0.289 e. The number of hydrogen-bond donors (Lipinski definition) is 0. The van der Waals surface area contributed by atoms with Crippen molar-refractivity contribution in [2.75, 3.05) is 0 Å². The van der Waals surface area contributed by atoms with Gasteiger partial charge in [0.15, 0.2) is 11.6 Å². The average Bonchev–Trinajstić information content (AvgIpc) is 2.44. The van der Waals surface area contributed by atoms with E-state index in [0.29, 0.717) is 34.6 Å². The first-order valence-electron chi connectivity index (χ1n) is 6.32. The summed E-state index contributed by atoms with van der Waals surface area (Å²) in [5, 5.41) is 0. The fourth-order valence-electron chi connectivity index (χ4n) is 2.67. The molecule has 0 bridgehead atoms. The third-order valence-corrected chi connectivity index (χ3v) is 3.79. The van der Waals surface area contributed by atoms with Crippen molar-refractivity contribution in [1.29, 1.82) is 0 Å². The summed E-state index contributed by atoms with van der Waals surface area (Å²) in [7, 11) is 0. The summed E-state index contributed by atoms with van der Waals surface area (Å²) < 4.78 is 0. The third-order valence-electron chi connectivity index (χ3n) is 3.79. The highest BCUT2D eigenvalue weighted by atomic mass is 16.1. The molecule has 0 fully saturated rings. The smallest absolute Gasteiger partial charge is 0.194 e. The summed E-state index contributed by atoms with van der Waals surface area (Å²) in [4.78, 5) is 24.7. The Balaban J connectivity index is 2.13. The molecule has 3 rings (SSSR count). The molecule has 1 unspecified atom stereocenters. The maximum Gasteiger partial charge on any atom is 0.194 e. The summed E-state index contributed by atoms with van der Waals surface area (Å²) >= 11 is 0. The lowest BCUT2D eigenvalue weighted by Gasteiger charge is -2.24. The highest BCUT2D eigenvalue weighted by Gasteiger charge is 2.32. The van der Waals surface area contributed by atoms with Gasteiger partial charge in [-0.15, -0.1) is 0 Å². The van der Waals surface area contributed by atoms with Crippen molar-refractivity contribution in [3.05, 3.63) is 58.7 Å². The van der Waals surface area contributed by atoms with E-state index in [1.54, 1.807) is 18.2 Å². The number of carbonyl (C=O) groups excluding carboxylic acids is 2. The first-order valence-corrected chi connectivity index (χ1v) is 6.32. The maximum atomic E-state index is 12.4. The summed E-state index contributed by atoms with van der Waals surface area (Å²) in [6.45, 7) is 2.10. The molecule has 0 amide bonds. The number of rotatable bonds is 1. The second-order valence-electron chi connectivity index (χ2n) is 4.83. The standard InChI is InChI=1S/C16H14O2/c1-2-10-7-8-13-14(9-10)16(18)12-6-4-3-5-11(12)15(13)17/h3-8,10H,2,9H2,1H3. The Bertz CT molecular complexity index is 605. The van der Waals surface area contributed by atoms with Crippen molar-refractivity contribution < 1.29 is 9.59 Å². The van der Waals surface area contributed by atoms with E-state index in [1.807, 2.05) is 12.1 Å². The molecule has 0 radical (unpaired) electrons. The predicted octanol–water partition coefficient (Wildman–Crippen LogP) is 3.35. The summed E-state index contributed by atoms with van der Waals surface area (Å²) in [6.07, 6.45) is 5.58. The molecule has 1 aromatic rings. The van der Waals surface area contributed by atoms with E-state index in [1.165, 1.54) is 0 Å². The van der Waals surface area contributed by atoms with E-state index in [9.17, 15) is 9.59 Å². The Hall–Kier alpha value is -1.96. The molecule has 0 spiro atoms. The van der Waals surface area contributed by atoms with Gasteiger partial charge < -0.3 is 0 Å². The van der Waals surface area contributed by atoms with Gasteiger partial charge in [-0.25, -0.2) is 0 Å². The molecule has 2 aliphatic carbocycles. The van der Waals surface area contributed by atoms with Gasteiger partial charge in [0.1, 0.15) is 0 Å². The molecule has 0 N–H and O–H groups in total. The van der Waals surface area contributed by atoms with E-state index in [0.717, 1.165) is 6.42 Å². The normalized spacial score (nSPS) is 21.9. The van der Waals surface area contributed by atoms with Crippen LogP contribution in [0.1, 0.15) is 40.5 Å². The highest BCUT2D eigenvalue weighted by Crippen LogP contribution is 2.34. The van der Waals surface area contributed by atoms with Gasteiger partial charge in [0, 0.05) is 22.3 Å². The Kier molecular flexibility index (Phi) is 2.51. The molecule has 0 heterocycles. The van der Waals surface area contributed by atoms with Crippen LogP contribution in [0.2, 0.25) is 0 Å². The van der Waals surface area contributed by atoms with Gasteiger partial charge in [-0.3, -0.25) is 9.59 Å². The molecule has 0 aliphatic heterocycles. The van der Waals surface area contributed by atoms with Crippen LogP contribution in [0.25, 0.3) is 0 Å². The molecule has 0 saturated carbocycles. The van der Waals surface area contributed by atoms with Crippen molar-refractivity contribution >= 4 is 11.6 Å². The number of benzene rings is 1. The average molecular weight is 238 g/mol. The van der Waals surface area contributed by atoms with Crippen LogP contribution < -0.4 is 0 Å². The SMILES string of the molecule is CCC1C=CC2=C(C1)C(=O)c1ccccc1C2=O. The molecule has 2 aliphatic rings. The summed E-state index contributed by atoms with van der Waals surface area (Å²) in [5.74, 6) is 0.403. The van der Waals surface area contributed by atoms with Crippen LogP contribution in [0.3, 0.4) is 0 Å². The van der Waals surface area contributed by atoms with Gasteiger partial charge in [0.2, 0.25) is 0 Å². The fourth-order valence-corrected chi connectivity index (χ4v) is 2.67. The third kappa shape index (κ3) is 1.49. The first kappa shape index (κ1) is 11.1. The van der Waals surface area contributed by atoms with E-state index in [2.05, 4.69) is 13.0 Å².